The van der Waals surface area contributed by atoms with Gasteiger partial charge in [-0.1, -0.05) is 45.9 Å². The fourth-order valence-electron chi connectivity index (χ4n) is 2.33. The maximum absolute atomic E-state index is 5.42. The largest absolute Gasteiger partial charge is 0.424 e. The maximum Gasteiger partial charge on any atom is 0.235 e. The molecule has 0 bridgehead atoms. The smallest absolute Gasteiger partial charge is 0.235 e. The van der Waals surface area contributed by atoms with E-state index in [9.17, 15) is 0 Å². The van der Waals surface area contributed by atoms with Gasteiger partial charge in [0.25, 0.3) is 0 Å². The number of rotatable bonds is 5. The number of anilines is 1. The molecule has 0 aliphatic carbocycles. The number of benzene rings is 1. The van der Waals surface area contributed by atoms with Crippen LogP contribution in [0, 0.1) is 6.92 Å². The molecule has 1 aromatic carbocycles. The summed E-state index contributed by atoms with van der Waals surface area (Å²) in [6.07, 6.45) is 0. The highest BCUT2D eigenvalue weighted by Gasteiger charge is 2.14. The molecule has 0 radical (unpaired) electrons. The van der Waals surface area contributed by atoms with Crippen LogP contribution in [0.2, 0.25) is 0 Å². The van der Waals surface area contributed by atoms with Crippen molar-refractivity contribution < 1.29 is 4.42 Å². The number of hydrogen-bond donors (Lipinski definition) is 1. The van der Waals surface area contributed by atoms with Gasteiger partial charge in [0, 0.05) is 12.6 Å². The lowest BCUT2D eigenvalue weighted by atomic mass is 9.92. The summed E-state index contributed by atoms with van der Waals surface area (Å²) in [6.45, 7) is 11.2. The van der Waals surface area contributed by atoms with Gasteiger partial charge in [0.2, 0.25) is 11.8 Å². The summed E-state index contributed by atoms with van der Waals surface area (Å²) in [5.41, 5.74) is 3.85. The van der Waals surface area contributed by atoms with Crippen LogP contribution >= 0.6 is 0 Å². The normalized spacial score (nSPS) is 11.3. The van der Waals surface area contributed by atoms with Gasteiger partial charge in [0.15, 0.2) is 0 Å². The van der Waals surface area contributed by atoms with Gasteiger partial charge in [-0.2, -0.15) is 0 Å². The zero-order valence-corrected chi connectivity index (χ0v) is 12.9. The van der Waals surface area contributed by atoms with E-state index in [4.69, 9.17) is 4.42 Å². The van der Waals surface area contributed by atoms with Gasteiger partial charge in [-0.05, 0) is 23.0 Å². The van der Waals surface area contributed by atoms with Gasteiger partial charge in [-0.15, -0.1) is 10.2 Å². The molecule has 20 heavy (non-hydrogen) atoms. The molecule has 4 heteroatoms. The van der Waals surface area contributed by atoms with Gasteiger partial charge >= 0.3 is 0 Å². The number of aromatic nitrogens is 2. The summed E-state index contributed by atoms with van der Waals surface area (Å²) in [7, 11) is 0. The number of nitrogens with one attached hydrogen (secondary N) is 1. The first-order valence-electron chi connectivity index (χ1n) is 7.14. The summed E-state index contributed by atoms with van der Waals surface area (Å²) in [6, 6.07) is 6.49. The molecule has 2 rings (SSSR count). The van der Waals surface area contributed by atoms with E-state index in [1.165, 1.54) is 16.8 Å². The second-order valence-corrected chi connectivity index (χ2v) is 5.69. The van der Waals surface area contributed by atoms with Crippen LogP contribution in [0.5, 0.6) is 0 Å². The highest BCUT2D eigenvalue weighted by Crippen LogP contribution is 2.32. The minimum atomic E-state index is 0.473. The average molecular weight is 273 g/mol. The van der Waals surface area contributed by atoms with Crippen LogP contribution in [0.25, 0.3) is 0 Å². The Kier molecular flexibility index (Phi) is 4.42. The summed E-state index contributed by atoms with van der Waals surface area (Å²) in [5, 5.41) is 11.4. The van der Waals surface area contributed by atoms with E-state index in [1.54, 1.807) is 6.92 Å². The summed E-state index contributed by atoms with van der Waals surface area (Å²) in [5.74, 6) is 2.17. The molecular formula is C16H23N3O. The summed E-state index contributed by atoms with van der Waals surface area (Å²) in [4.78, 5) is 0. The van der Waals surface area contributed by atoms with Gasteiger partial charge < -0.3 is 9.73 Å². The van der Waals surface area contributed by atoms with Gasteiger partial charge in [-0.3, -0.25) is 0 Å². The SMILES string of the molecule is Cc1nnc(CNc2c(C(C)C)cccc2C(C)C)o1. The van der Waals surface area contributed by atoms with Crippen molar-refractivity contribution in [2.24, 2.45) is 0 Å². The van der Waals surface area contributed by atoms with E-state index in [0.717, 1.165) is 0 Å². The van der Waals surface area contributed by atoms with E-state index in [2.05, 4.69) is 61.4 Å². The molecule has 0 saturated carbocycles. The Hall–Kier alpha value is -1.84. The van der Waals surface area contributed by atoms with Crippen LogP contribution in [0.4, 0.5) is 5.69 Å². The highest BCUT2D eigenvalue weighted by molar-refractivity contribution is 5.60. The molecule has 2 aromatic rings. The molecule has 0 fully saturated rings. The molecule has 1 aromatic heterocycles. The first-order chi connectivity index (χ1) is 9.49. The Morgan fingerprint density at radius 3 is 2.10 bits per heavy atom. The third-order valence-electron chi connectivity index (χ3n) is 3.36. The fraction of sp³-hybridized carbons (Fsp3) is 0.500. The van der Waals surface area contributed by atoms with Crippen molar-refractivity contribution in [3.05, 3.63) is 41.1 Å². The van der Waals surface area contributed by atoms with Crippen molar-refractivity contribution in [3.63, 3.8) is 0 Å². The predicted octanol–water partition coefficient (Wildman–Crippen LogP) is 4.24. The maximum atomic E-state index is 5.42. The summed E-state index contributed by atoms with van der Waals surface area (Å²) < 4.78 is 5.42. The molecule has 0 saturated heterocycles. The highest BCUT2D eigenvalue weighted by atomic mass is 16.4. The lowest BCUT2D eigenvalue weighted by Gasteiger charge is -2.20. The minimum absolute atomic E-state index is 0.473. The van der Waals surface area contributed by atoms with Crippen molar-refractivity contribution in [1.29, 1.82) is 0 Å². The van der Waals surface area contributed by atoms with Crippen LogP contribution in [-0.2, 0) is 6.54 Å². The van der Waals surface area contributed by atoms with Crippen LogP contribution in [-0.4, -0.2) is 10.2 Å². The zero-order chi connectivity index (χ0) is 14.7. The molecule has 0 atom stereocenters. The molecule has 1 N–H and O–H groups in total. The number of aryl methyl sites for hydroxylation is 1. The first kappa shape index (κ1) is 14.6. The van der Waals surface area contributed by atoms with Gasteiger partial charge in [0.05, 0.1) is 6.54 Å². The Bertz CT molecular complexity index is 547. The lowest BCUT2D eigenvalue weighted by molar-refractivity contribution is 0.474. The monoisotopic (exact) mass is 273 g/mol. The van der Waals surface area contributed by atoms with E-state index >= 15 is 0 Å². The third kappa shape index (κ3) is 3.18. The second-order valence-electron chi connectivity index (χ2n) is 5.69. The minimum Gasteiger partial charge on any atom is -0.424 e. The molecular weight excluding hydrogens is 250 g/mol. The molecule has 0 unspecified atom stereocenters. The first-order valence-corrected chi connectivity index (χ1v) is 7.14. The van der Waals surface area contributed by atoms with Crippen molar-refractivity contribution in [2.75, 3.05) is 5.32 Å². The Labute approximate surface area is 120 Å². The number of nitrogens with zero attached hydrogens (tertiary/aromatic N) is 2. The molecule has 1 heterocycles. The van der Waals surface area contributed by atoms with Crippen molar-refractivity contribution in [1.82, 2.24) is 10.2 Å². The quantitative estimate of drug-likeness (QED) is 0.885. The van der Waals surface area contributed by atoms with E-state index in [0.29, 0.717) is 30.2 Å². The van der Waals surface area contributed by atoms with Gasteiger partial charge in [-0.25, -0.2) is 0 Å². The number of hydrogen-bond acceptors (Lipinski definition) is 4. The molecule has 0 amide bonds. The van der Waals surface area contributed by atoms with Crippen LogP contribution in [0.15, 0.2) is 22.6 Å². The molecule has 0 spiro atoms. The lowest BCUT2D eigenvalue weighted by Crippen LogP contribution is -2.08. The molecule has 4 nitrogen and oxygen atoms in total. The Morgan fingerprint density at radius 1 is 1.05 bits per heavy atom. The average Bonchev–Trinajstić information content (AvgIpc) is 2.81. The van der Waals surface area contributed by atoms with Crippen LogP contribution < -0.4 is 5.32 Å². The van der Waals surface area contributed by atoms with Crippen LogP contribution in [0.3, 0.4) is 0 Å². The number of para-hydroxylation sites is 1. The summed E-state index contributed by atoms with van der Waals surface area (Å²) >= 11 is 0. The predicted molar refractivity (Wildman–Crippen MR) is 81.0 cm³/mol. The van der Waals surface area contributed by atoms with Crippen molar-refractivity contribution in [2.45, 2.75) is 53.0 Å². The van der Waals surface area contributed by atoms with Crippen molar-refractivity contribution >= 4 is 5.69 Å². The van der Waals surface area contributed by atoms with E-state index < -0.39 is 0 Å². The standard InChI is InChI=1S/C16H23N3O/c1-10(2)13-7-6-8-14(11(3)4)16(13)17-9-15-19-18-12(5)20-15/h6-8,10-11,17H,9H2,1-5H3. The molecule has 0 aliphatic rings. The van der Waals surface area contributed by atoms with Crippen molar-refractivity contribution in [3.8, 4) is 0 Å². The molecule has 108 valence electrons. The van der Waals surface area contributed by atoms with Crippen LogP contribution in [0.1, 0.15) is 62.4 Å². The Morgan fingerprint density at radius 2 is 1.65 bits per heavy atom. The molecule has 0 aliphatic heterocycles. The topological polar surface area (TPSA) is 51.0 Å². The van der Waals surface area contributed by atoms with E-state index in [1.807, 2.05) is 0 Å². The Balaban J connectivity index is 2.28. The second kappa shape index (κ2) is 6.07. The fourth-order valence-corrected chi connectivity index (χ4v) is 2.33. The third-order valence-corrected chi connectivity index (χ3v) is 3.36. The zero-order valence-electron chi connectivity index (χ0n) is 12.9. The van der Waals surface area contributed by atoms with Gasteiger partial charge in [0.1, 0.15) is 0 Å². The van der Waals surface area contributed by atoms with E-state index in [-0.39, 0.29) is 0 Å².